The molecule has 0 saturated heterocycles. The Labute approximate surface area is 129 Å². The largest absolute Gasteiger partial charge is 0.439 e. The molecular weight excluding hydrogens is 298 g/mol. The second-order valence-corrected chi connectivity index (χ2v) is 4.98. The van der Waals surface area contributed by atoms with Gasteiger partial charge in [-0.3, -0.25) is 19.9 Å². The molecule has 7 nitrogen and oxygen atoms in total. The highest BCUT2D eigenvalue weighted by molar-refractivity contribution is 5.98. The van der Waals surface area contributed by atoms with Gasteiger partial charge in [-0.25, -0.2) is 0 Å². The summed E-state index contributed by atoms with van der Waals surface area (Å²) < 4.78 is 5.71. The average Bonchev–Trinajstić information content (AvgIpc) is 2.74. The zero-order valence-corrected chi connectivity index (χ0v) is 11.6. The lowest BCUT2D eigenvalue weighted by Gasteiger charge is -2.08. The van der Waals surface area contributed by atoms with Gasteiger partial charge in [-0.2, -0.15) is 0 Å². The number of rotatable bonds is 1. The number of nitro groups is 1. The number of hydrogen-bond acceptors (Lipinski definition) is 6. The smallest absolute Gasteiger partial charge is 0.294 e. The van der Waals surface area contributed by atoms with Gasteiger partial charge in [0.15, 0.2) is 0 Å². The van der Waals surface area contributed by atoms with Crippen LogP contribution in [0.1, 0.15) is 5.56 Å². The maximum Gasteiger partial charge on any atom is 0.294 e. The van der Waals surface area contributed by atoms with Gasteiger partial charge in [0.2, 0.25) is 11.3 Å². The van der Waals surface area contributed by atoms with Gasteiger partial charge in [0.25, 0.3) is 5.69 Å². The SMILES string of the molecule is O=c1c2c(oc3ccccc13)Nc1c(cccc1[N+](=O)[O-])N=C2. The van der Waals surface area contributed by atoms with E-state index >= 15 is 0 Å². The summed E-state index contributed by atoms with van der Waals surface area (Å²) in [5.41, 5.74) is 0.824. The van der Waals surface area contributed by atoms with Crippen LogP contribution in [0.2, 0.25) is 0 Å². The van der Waals surface area contributed by atoms with Crippen LogP contribution in [-0.2, 0) is 0 Å². The van der Waals surface area contributed by atoms with Crippen molar-refractivity contribution in [1.29, 1.82) is 0 Å². The zero-order chi connectivity index (χ0) is 16.0. The number of aliphatic imine (C=N–C) groups is 1. The fraction of sp³-hybridized carbons (Fsp3) is 0. The number of nitrogens with zero attached hydrogens (tertiary/aromatic N) is 2. The van der Waals surface area contributed by atoms with Crippen molar-refractivity contribution >= 4 is 40.1 Å². The second kappa shape index (κ2) is 4.77. The first kappa shape index (κ1) is 13.2. The first-order chi connectivity index (χ1) is 11.1. The Morgan fingerprint density at radius 2 is 1.96 bits per heavy atom. The quantitative estimate of drug-likeness (QED) is 0.428. The van der Waals surface area contributed by atoms with Crippen molar-refractivity contribution in [2.24, 2.45) is 4.99 Å². The van der Waals surface area contributed by atoms with E-state index in [1.807, 2.05) is 0 Å². The highest BCUT2D eigenvalue weighted by atomic mass is 16.6. The lowest BCUT2D eigenvalue weighted by atomic mass is 10.1. The molecule has 112 valence electrons. The summed E-state index contributed by atoms with van der Waals surface area (Å²) in [6, 6.07) is 11.4. The topological polar surface area (TPSA) is 97.7 Å². The van der Waals surface area contributed by atoms with Crippen molar-refractivity contribution in [3.8, 4) is 0 Å². The van der Waals surface area contributed by atoms with Gasteiger partial charge >= 0.3 is 0 Å². The minimum atomic E-state index is -0.508. The van der Waals surface area contributed by atoms with Crippen LogP contribution in [0.4, 0.5) is 22.9 Å². The molecule has 0 unspecified atom stereocenters. The fourth-order valence-electron chi connectivity index (χ4n) is 2.53. The molecule has 2 aromatic carbocycles. The third-order valence-electron chi connectivity index (χ3n) is 3.62. The predicted molar refractivity (Wildman–Crippen MR) is 86.1 cm³/mol. The molecule has 0 amide bonds. The van der Waals surface area contributed by atoms with E-state index in [4.69, 9.17) is 4.42 Å². The molecule has 0 bridgehead atoms. The third-order valence-corrected chi connectivity index (χ3v) is 3.62. The standard InChI is InChI=1S/C16H9N3O4/c20-15-9-4-1-2-7-13(9)23-16-10(15)8-17-11-5-3-6-12(19(21)22)14(11)18-16/h1-8,18H. The van der Waals surface area contributed by atoms with Gasteiger partial charge in [-0.15, -0.1) is 0 Å². The van der Waals surface area contributed by atoms with E-state index in [0.29, 0.717) is 16.7 Å². The van der Waals surface area contributed by atoms with Gasteiger partial charge in [0.05, 0.1) is 16.0 Å². The Balaban J connectivity index is 2.02. The number of nitrogens with one attached hydrogen (secondary N) is 1. The van der Waals surface area contributed by atoms with Gasteiger partial charge in [-0.05, 0) is 18.2 Å². The molecule has 0 saturated carbocycles. The molecule has 7 heteroatoms. The Morgan fingerprint density at radius 1 is 1.13 bits per heavy atom. The number of benzene rings is 2. The minimum Gasteiger partial charge on any atom is -0.439 e. The first-order valence-corrected chi connectivity index (χ1v) is 6.79. The Kier molecular flexibility index (Phi) is 2.74. The van der Waals surface area contributed by atoms with E-state index < -0.39 is 4.92 Å². The zero-order valence-electron chi connectivity index (χ0n) is 11.6. The second-order valence-electron chi connectivity index (χ2n) is 4.98. The van der Waals surface area contributed by atoms with E-state index in [0.717, 1.165) is 0 Å². The van der Waals surface area contributed by atoms with Crippen molar-refractivity contribution in [2.45, 2.75) is 0 Å². The lowest BCUT2D eigenvalue weighted by Crippen LogP contribution is -2.11. The van der Waals surface area contributed by atoms with Crippen LogP contribution in [0, 0.1) is 10.1 Å². The summed E-state index contributed by atoms with van der Waals surface area (Å²) in [5.74, 6) is 0.144. The summed E-state index contributed by atoms with van der Waals surface area (Å²) >= 11 is 0. The summed E-state index contributed by atoms with van der Waals surface area (Å²) in [5, 5.41) is 14.5. The van der Waals surface area contributed by atoms with Crippen molar-refractivity contribution in [2.75, 3.05) is 5.32 Å². The third kappa shape index (κ3) is 1.98. The van der Waals surface area contributed by atoms with Crippen molar-refractivity contribution in [1.82, 2.24) is 0 Å². The van der Waals surface area contributed by atoms with E-state index in [-0.39, 0.29) is 28.3 Å². The fourth-order valence-corrected chi connectivity index (χ4v) is 2.53. The van der Waals surface area contributed by atoms with E-state index in [2.05, 4.69) is 10.3 Å². The molecule has 1 aliphatic rings. The van der Waals surface area contributed by atoms with Crippen LogP contribution in [0.25, 0.3) is 11.0 Å². The molecule has 0 fully saturated rings. The lowest BCUT2D eigenvalue weighted by molar-refractivity contribution is -0.383. The predicted octanol–water partition coefficient (Wildman–Crippen LogP) is 3.51. The maximum atomic E-state index is 12.6. The molecule has 1 N–H and O–H groups in total. The summed E-state index contributed by atoms with van der Waals surface area (Å²) in [6.07, 6.45) is 1.37. The highest BCUT2D eigenvalue weighted by Gasteiger charge is 2.23. The van der Waals surface area contributed by atoms with Crippen LogP contribution in [-0.4, -0.2) is 11.1 Å². The molecule has 2 heterocycles. The normalized spacial score (nSPS) is 12.2. The van der Waals surface area contributed by atoms with E-state index in [9.17, 15) is 14.9 Å². The Hall–Kier alpha value is -3.48. The number of nitro benzene ring substituents is 1. The Bertz CT molecular complexity index is 1050. The molecule has 0 aliphatic carbocycles. The molecule has 23 heavy (non-hydrogen) atoms. The number of anilines is 2. The molecule has 1 aliphatic heterocycles. The van der Waals surface area contributed by atoms with Crippen LogP contribution in [0.15, 0.2) is 56.7 Å². The highest BCUT2D eigenvalue weighted by Crippen LogP contribution is 2.39. The van der Waals surface area contributed by atoms with Crippen molar-refractivity contribution in [3.05, 3.63) is 68.4 Å². The molecule has 1 aromatic heterocycles. The molecular formula is C16H9N3O4. The number of para-hydroxylation sites is 2. The summed E-state index contributed by atoms with van der Waals surface area (Å²) in [6.45, 7) is 0. The number of fused-ring (bicyclic) bond motifs is 3. The van der Waals surface area contributed by atoms with Crippen molar-refractivity contribution < 1.29 is 9.34 Å². The number of hydrogen-bond donors (Lipinski definition) is 1. The van der Waals surface area contributed by atoms with Gasteiger partial charge in [0, 0.05) is 12.3 Å². The van der Waals surface area contributed by atoms with Gasteiger partial charge in [0.1, 0.15) is 16.8 Å². The van der Waals surface area contributed by atoms with Gasteiger partial charge < -0.3 is 9.73 Å². The average molecular weight is 307 g/mol. The van der Waals surface area contributed by atoms with Crippen LogP contribution in [0.5, 0.6) is 0 Å². The summed E-state index contributed by atoms with van der Waals surface area (Å²) in [4.78, 5) is 27.4. The van der Waals surface area contributed by atoms with Gasteiger partial charge in [-0.1, -0.05) is 18.2 Å². The summed E-state index contributed by atoms with van der Waals surface area (Å²) in [7, 11) is 0. The van der Waals surface area contributed by atoms with Crippen LogP contribution in [0.3, 0.4) is 0 Å². The molecule has 4 rings (SSSR count). The van der Waals surface area contributed by atoms with Crippen molar-refractivity contribution in [3.63, 3.8) is 0 Å². The molecule has 0 radical (unpaired) electrons. The maximum absolute atomic E-state index is 12.6. The minimum absolute atomic E-state index is 0.136. The molecule has 3 aromatic rings. The molecule has 0 spiro atoms. The van der Waals surface area contributed by atoms with Crippen LogP contribution < -0.4 is 10.7 Å². The van der Waals surface area contributed by atoms with E-state index in [1.54, 1.807) is 30.3 Å². The Morgan fingerprint density at radius 3 is 2.78 bits per heavy atom. The van der Waals surface area contributed by atoms with E-state index in [1.165, 1.54) is 18.3 Å². The monoisotopic (exact) mass is 307 g/mol. The first-order valence-electron chi connectivity index (χ1n) is 6.79. The van der Waals surface area contributed by atoms with Crippen LogP contribution >= 0.6 is 0 Å². The molecule has 0 atom stereocenters.